The number of aliphatic hydroxyl groups excluding tert-OH is 1. The molecular formula is C9H9F2NO2. The quantitative estimate of drug-likeness (QED) is 0.751. The molecule has 0 saturated heterocycles. The summed E-state index contributed by atoms with van der Waals surface area (Å²) in [5.74, 6) is -3.59. The molecule has 0 aliphatic heterocycles. The van der Waals surface area contributed by atoms with Gasteiger partial charge in [-0.3, -0.25) is 9.78 Å². The van der Waals surface area contributed by atoms with E-state index >= 15 is 0 Å². The number of Topliss-reactive ketones (excluding diaryl/α,β-unsaturated/α-hetero) is 1. The minimum Gasteiger partial charge on any atom is -0.390 e. The summed E-state index contributed by atoms with van der Waals surface area (Å²) in [7, 11) is 0. The minimum absolute atomic E-state index is 0.239. The topological polar surface area (TPSA) is 50.2 Å². The molecule has 1 rings (SSSR count). The minimum atomic E-state index is -3.35. The fourth-order valence-corrected chi connectivity index (χ4v) is 0.899. The average Bonchev–Trinajstić information content (AvgIpc) is 2.18. The second-order valence-electron chi connectivity index (χ2n) is 2.85. The second-order valence-corrected chi connectivity index (χ2v) is 2.85. The molecule has 5 heteroatoms. The largest absolute Gasteiger partial charge is 0.390 e. The molecule has 1 aromatic rings. The fraction of sp³-hybridized carbons (Fsp3) is 0.333. The molecule has 1 aromatic heterocycles. The van der Waals surface area contributed by atoms with Crippen LogP contribution in [0.4, 0.5) is 8.78 Å². The van der Waals surface area contributed by atoms with E-state index in [9.17, 15) is 13.6 Å². The van der Waals surface area contributed by atoms with Gasteiger partial charge in [-0.05, 0) is 19.1 Å². The Kier molecular flexibility index (Phi) is 2.90. The van der Waals surface area contributed by atoms with E-state index in [1.165, 1.54) is 13.0 Å². The Hall–Kier alpha value is -1.36. The van der Waals surface area contributed by atoms with E-state index in [0.717, 1.165) is 12.3 Å². The van der Waals surface area contributed by atoms with Crippen LogP contribution in [0.3, 0.4) is 0 Å². The molecule has 0 radical (unpaired) electrons. The van der Waals surface area contributed by atoms with Gasteiger partial charge in [0.25, 0.3) is 0 Å². The number of rotatable bonds is 3. The Morgan fingerprint density at radius 1 is 1.57 bits per heavy atom. The third kappa shape index (κ3) is 2.11. The number of aliphatic hydroxyl groups is 1. The van der Waals surface area contributed by atoms with Crippen molar-refractivity contribution in [1.82, 2.24) is 4.98 Å². The highest BCUT2D eigenvalue weighted by Gasteiger charge is 2.31. The van der Waals surface area contributed by atoms with Gasteiger partial charge in [0.15, 0.2) is 5.78 Å². The van der Waals surface area contributed by atoms with Crippen molar-refractivity contribution in [3.05, 3.63) is 29.6 Å². The van der Waals surface area contributed by atoms with Gasteiger partial charge >= 0.3 is 5.92 Å². The van der Waals surface area contributed by atoms with Gasteiger partial charge in [0, 0.05) is 11.8 Å². The second kappa shape index (κ2) is 3.79. The highest BCUT2D eigenvalue weighted by molar-refractivity contribution is 5.93. The highest BCUT2D eigenvalue weighted by Crippen LogP contribution is 2.24. The zero-order valence-electron chi connectivity index (χ0n) is 7.50. The van der Waals surface area contributed by atoms with E-state index in [4.69, 9.17) is 5.11 Å². The van der Waals surface area contributed by atoms with Crippen molar-refractivity contribution in [3.8, 4) is 0 Å². The molecule has 0 bridgehead atoms. The van der Waals surface area contributed by atoms with Crippen LogP contribution in [0.25, 0.3) is 0 Å². The van der Waals surface area contributed by atoms with Gasteiger partial charge in [-0.15, -0.1) is 0 Å². The van der Waals surface area contributed by atoms with E-state index in [0.29, 0.717) is 0 Å². The number of hydrogen-bond donors (Lipinski definition) is 1. The fourth-order valence-electron chi connectivity index (χ4n) is 0.899. The standard InChI is InChI=1S/C9H9F2NO2/c1-6(14)7-2-3-8(12-4-7)9(10,11)5-13/h2-4,13H,5H2,1H3. The van der Waals surface area contributed by atoms with Crippen LogP contribution in [-0.2, 0) is 5.92 Å². The summed E-state index contributed by atoms with van der Waals surface area (Å²) < 4.78 is 25.6. The SMILES string of the molecule is CC(=O)c1ccc(C(F)(F)CO)nc1. The normalized spacial score (nSPS) is 11.4. The van der Waals surface area contributed by atoms with Crippen molar-refractivity contribution < 1.29 is 18.7 Å². The lowest BCUT2D eigenvalue weighted by Crippen LogP contribution is -2.20. The maximum absolute atomic E-state index is 12.8. The first-order valence-electron chi connectivity index (χ1n) is 3.93. The van der Waals surface area contributed by atoms with Crippen molar-refractivity contribution in [2.24, 2.45) is 0 Å². The van der Waals surface area contributed by atoms with E-state index < -0.39 is 18.2 Å². The summed E-state index contributed by atoms with van der Waals surface area (Å²) >= 11 is 0. The van der Waals surface area contributed by atoms with Crippen LogP contribution in [0.2, 0.25) is 0 Å². The first-order chi connectivity index (χ1) is 6.47. The molecule has 1 N–H and O–H groups in total. The third-order valence-corrected chi connectivity index (χ3v) is 1.74. The van der Waals surface area contributed by atoms with Gasteiger partial charge in [0.2, 0.25) is 0 Å². The van der Waals surface area contributed by atoms with E-state index in [-0.39, 0.29) is 11.3 Å². The lowest BCUT2D eigenvalue weighted by atomic mass is 10.1. The van der Waals surface area contributed by atoms with Gasteiger partial charge in [-0.2, -0.15) is 8.78 Å². The Balaban J connectivity index is 2.99. The Bertz CT molecular complexity index is 335. The van der Waals surface area contributed by atoms with Crippen molar-refractivity contribution in [3.63, 3.8) is 0 Å². The number of carbonyl (C=O) groups is 1. The predicted molar refractivity (Wildman–Crippen MR) is 45.2 cm³/mol. The molecule has 0 aliphatic carbocycles. The van der Waals surface area contributed by atoms with Crippen LogP contribution in [-0.4, -0.2) is 22.5 Å². The number of ketones is 1. The summed E-state index contributed by atoms with van der Waals surface area (Å²) in [5, 5.41) is 8.37. The van der Waals surface area contributed by atoms with Crippen molar-refractivity contribution in [2.75, 3.05) is 6.61 Å². The van der Waals surface area contributed by atoms with Crippen molar-refractivity contribution >= 4 is 5.78 Å². The van der Waals surface area contributed by atoms with Gasteiger partial charge < -0.3 is 5.11 Å². The highest BCUT2D eigenvalue weighted by atomic mass is 19.3. The lowest BCUT2D eigenvalue weighted by Gasteiger charge is -2.11. The molecule has 14 heavy (non-hydrogen) atoms. The summed E-state index contributed by atoms with van der Waals surface area (Å²) in [5.41, 5.74) is -0.271. The maximum atomic E-state index is 12.8. The zero-order chi connectivity index (χ0) is 10.8. The maximum Gasteiger partial charge on any atom is 0.312 e. The van der Waals surface area contributed by atoms with Crippen molar-refractivity contribution in [2.45, 2.75) is 12.8 Å². The number of alkyl halides is 2. The molecule has 0 fully saturated rings. The Morgan fingerprint density at radius 3 is 2.57 bits per heavy atom. The van der Waals surface area contributed by atoms with Crippen LogP contribution >= 0.6 is 0 Å². The lowest BCUT2D eigenvalue weighted by molar-refractivity contribution is -0.0592. The van der Waals surface area contributed by atoms with E-state index in [2.05, 4.69) is 4.98 Å². The van der Waals surface area contributed by atoms with Gasteiger partial charge in [0.05, 0.1) is 0 Å². The summed E-state index contributed by atoms with van der Waals surface area (Å²) in [4.78, 5) is 14.2. The molecule has 76 valence electrons. The number of pyridine rings is 1. The molecular weight excluding hydrogens is 192 g/mol. The summed E-state index contributed by atoms with van der Waals surface area (Å²) in [6, 6.07) is 2.29. The molecule has 0 amide bonds. The molecule has 1 heterocycles. The van der Waals surface area contributed by atoms with Crippen molar-refractivity contribution in [1.29, 1.82) is 0 Å². The van der Waals surface area contributed by atoms with Crippen LogP contribution in [0.5, 0.6) is 0 Å². The Labute approximate surface area is 79.4 Å². The number of carbonyl (C=O) groups excluding carboxylic acids is 1. The Morgan fingerprint density at radius 2 is 2.21 bits per heavy atom. The molecule has 3 nitrogen and oxygen atoms in total. The molecule has 0 aromatic carbocycles. The molecule has 0 saturated carbocycles. The number of aromatic nitrogens is 1. The third-order valence-electron chi connectivity index (χ3n) is 1.74. The van der Waals surface area contributed by atoms with Crippen LogP contribution < -0.4 is 0 Å². The summed E-state index contributed by atoms with van der Waals surface area (Å²) in [6.07, 6.45) is 1.07. The number of nitrogens with zero attached hydrogens (tertiary/aromatic N) is 1. The van der Waals surface area contributed by atoms with Crippen LogP contribution in [0, 0.1) is 0 Å². The molecule has 0 spiro atoms. The molecule has 0 aliphatic rings. The molecule has 0 atom stereocenters. The average molecular weight is 201 g/mol. The first-order valence-corrected chi connectivity index (χ1v) is 3.93. The summed E-state index contributed by atoms with van der Waals surface area (Å²) in [6.45, 7) is 0.0281. The monoisotopic (exact) mass is 201 g/mol. The van der Waals surface area contributed by atoms with Crippen LogP contribution in [0.15, 0.2) is 18.3 Å². The number of halogens is 2. The first kappa shape index (κ1) is 10.7. The smallest absolute Gasteiger partial charge is 0.312 e. The van der Waals surface area contributed by atoms with E-state index in [1.807, 2.05) is 0 Å². The van der Waals surface area contributed by atoms with E-state index in [1.54, 1.807) is 0 Å². The van der Waals surface area contributed by atoms with Crippen LogP contribution in [0.1, 0.15) is 23.0 Å². The number of hydrogen-bond acceptors (Lipinski definition) is 3. The zero-order valence-corrected chi connectivity index (χ0v) is 7.50. The van der Waals surface area contributed by atoms with Gasteiger partial charge in [-0.25, -0.2) is 0 Å². The van der Waals surface area contributed by atoms with Gasteiger partial charge in [-0.1, -0.05) is 0 Å². The predicted octanol–water partition coefficient (Wildman–Crippen LogP) is 1.37. The molecule has 0 unspecified atom stereocenters. The van der Waals surface area contributed by atoms with Gasteiger partial charge in [0.1, 0.15) is 12.3 Å².